The molecule has 2 saturated heterocycles. The topological polar surface area (TPSA) is 141 Å². The first kappa shape index (κ1) is 35.7. The summed E-state index contributed by atoms with van der Waals surface area (Å²) in [4.78, 5) is 50.0. The van der Waals surface area contributed by atoms with E-state index in [0.29, 0.717) is 25.3 Å². The standard InChI is InChI=1S/C20H31N3O4.2C2HF3O2/c1-4-27-19(25)20-7-5-8-23(18(24)16-6-11-26-14-16)13-17(20)12-22(15-20)10-9-21(2)3;2*3-2(4,5)1(6)7/h6,11,14,17H,4-5,7-10,12-13,15H2,1-3H3;2*(H,6,7)/t17-,20+;;/m1../s1. The Morgan fingerprint density at radius 2 is 1.63 bits per heavy atom. The van der Waals surface area contributed by atoms with Gasteiger partial charge in [-0.15, -0.1) is 0 Å². The lowest BCUT2D eigenvalue weighted by molar-refractivity contribution is -0.193. The van der Waals surface area contributed by atoms with Crippen molar-refractivity contribution in [3.05, 3.63) is 24.2 Å². The predicted molar refractivity (Wildman–Crippen MR) is 129 cm³/mol. The van der Waals surface area contributed by atoms with E-state index in [-0.39, 0.29) is 17.8 Å². The van der Waals surface area contributed by atoms with Gasteiger partial charge in [0.25, 0.3) is 5.91 Å². The lowest BCUT2D eigenvalue weighted by Gasteiger charge is -2.31. The molecule has 1 aromatic rings. The number of fused-ring (bicyclic) bond motifs is 1. The average Bonchev–Trinajstić information content (AvgIpc) is 3.47. The van der Waals surface area contributed by atoms with Crippen LogP contribution in [0.2, 0.25) is 0 Å². The van der Waals surface area contributed by atoms with E-state index < -0.39 is 29.7 Å². The Morgan fingerprint density at radius 1 is 1.07 bits per heavy atom. The normalized spacial score (nSPS) is 21.0. The summed E-state index contributed by atoms with van der Waals surface area (Å²) in [7, 11) is 4.11. The summed E-state index contributed by atoms with van der Waals surface area (Å²) in [5.41, 5.74) is 0.0643. The van der Waals surface area contributed by atoms with Gasteiger partial charge in [-0.1, -0.05) is 0 Å². The van der Waals surface area contributed by atoms with Gasteiger partial charge in [0.1, 0.15) is 6.26 Å². The first-order chi connectivity index (χ1) is 18.8. The molecule has 17 heteroatoms. The Balaban J connectivity index is 0.000000497. The molecule has 234 valence electrons. The molecular formula is C24H33F6N3O8. The minimum absolute atomic E-state index is 0.0184. The number of alkyl halides is 6. The molecule has 1 aromatic heterocycles. The molecule has 0 bridgehead atoms. The summed E-state index contributed by atoms with van der Waals surface area (Å²) in [6, 6.07) is 1.70. The van der Waals surface area contributed by atoms with Crippen LogP contribution in [-0.2, 0) is 19.1 Å². The monoisotopic (exact) mass is 605 g/mol. The summed E-state index contributed by atoms with van der Waals surface area (Å²) in [6.45, 7) is 6.90. The highest BCUT2D eigenvalue weighted by Gasteiger charge is 2.54. The van der Waals surface area contributed by atoms with Crippen molar-refractivity contribution in [2.75, 3.05) is 60.0 Å². The number of hydrogen-bond acceptors (Lipinski definition) is 8. The first-order valence-corrected chi connectivity index (χ1v) is 12.3. The van der Waals surface area contributed by atoms with Crippen molar-refractivity contribution in [1.29, 1.82) is 0 Å². The molecule has 2 aliphatic rings. The number of amides is 1. The van der Waals surface area contributed by atoms with Crippen molar-refractivity contribution in [2.45, 2.75) is 32.1 Å². The highest BCUT2D eigenvalue weighted by Crippen LogP contribution is 2.44. The van der Waals surface area contributed by atoms with E-state index >= 15 is 0 Å². The molecule has 0 radical (unpaired) electrons. The molecule has 3 rings (SSSR count). The molecule has 2 aliphatic heterocycles. The number of nitrogens with zero attached hydrogens (tertiary/aromatic N) is 3. The molecule has 0 saturated carbocycles. The highest BCUT2D eigenvalue weighted by molar-refractivity contribution is 5.94. The van der Waals surface area contributed by atoms with Gasteiger partial charge < -0.3 is 34.1 Å². The number of rotatable bonds is 6. The average molecular weight is 606 g/mol. The molecular weight excluding hydrogens is 572 g/mol. The molecule has 0 unspecified atom stereocenters. The van der Waals surface area contributed by atoms with Crippen LogP contribution in [0.25, 0.3) is 0 Å². The number of halogens is 6. The maximum atomic E-state index is 13.0. The second-order valence-corrected chi connectivity index (χ2v) is 9.58. The molecule has 2 atom stereocenters. The first-order valence-electron chi connectivity index (χ1n) is 12.3. The second-order valence-electron chi connectivity index (χ2n) is 9.58. The molecule has 0 aromatic carbocycles. The summed E-state index contributed by atoms with van der Waals surface area (Å²) < 4.78 is 74.0. The lowest BCUT2D eigenvalue weighted by atomic mass is 9.75. The molecule has 41 heavy (non-hydrogen) atoms. The number of carboxylic acids is 2. The van der Waals surface area contributed by atoms with Crippen LogP contribution in [0.3, 0.4) is 0 Å². The largest absolute Gasteiger partial charge is 0.490 e. The number of carbonyl (C=O) groups excluding carboxylic acids is 2. The number of carboxylic acid groups (broad SMARTS) is 2. The third-order valence-corrected chi connectivity index (χ3v) is 6.34. The number of ether oxygens (including phenoxy) is 1. The van der Waals surface area contributed by atoms with Gasteiger partial charge in [0.2, 0.25) is 0 Å². The number of furan rings is 1. The quantitative estimate of drug-likeness (QED) is 0.368. The van der Waals surface area contributed by atoms with Gasteiger partial charge in [-0.05, 0) is 39.9 Å². The van der Waals surface area contributed by atoms with Crippen LogP contribution in [0.15, 0.2) is 23.0 Å². The Kier molecular flexibility index (Phi) is 13.1. The van der Waals surface area contributed by atoms with E-state index in [0.717, 1.165) is 39.0 Å². The van der Waals surface area contributed by atoms with Gasteiger partial charge in [0.15, 0.2) is 0 Å². The maximum Gasteiger partial charge on any atom is 0.490 e. The molecule has 0 aliphatic carbocycles. The van der Waals surface area contributed by atoms with Crippen LogP contribution in [0, 0.1) is 11.3 Å². The minimum atomic E-state index is -5.08. The van der Waals surface area contributed by atoms with Crippen molar-refractivity contribution in [1.82, 2.24) is 14.7 Å². The lowest BCUT2D eigenvalue weighted by Crippen LogP contribution is -2.43. The zero-order chi connectivity index (χ0) is 31.6. The smallest absolute Gasteiger partial charge is 0.475 e. The van der Waals surface area contributed by atoms with Crippen LogP contribution >= 0.6 is 0 Å². The van der Waals surface area contributed by atoms with Crippen molar-refractivity contribution in [3.8, 4) is 0 Å². The Labute approximate surface area is 231 Å². The second kappa shape index (κ2) is 15.0. The summed E-state index contributed by atoms with van der Waals surface area (Å²) in [5, 5.41) is 14.2. The molecule has 11 nitrogen and oxygen atoms in total. The molecule has 1 amide bonds. The van der Waals surface area contributed by atoms with Gasteiger partial charge in [-0.2, -0.15) is 26.3 Å². The minimum Gasteiger partial charge on any atom is -0.475 e. The summed E-state index contributed by atoms with van der Waals surface area (Å²) >= 11 is 0. The molecule has 0 spiro atoms. The van der Waals surface area contributed by atoms with Crippen LogP contribution in [0.5, 0.6) is 0 Å². The predicted octanol–water partition coefficient (Wildman–Crippen LogP) is 2.83. The summed E-state index contributed by atoms with van der Waals surface area (Å²) in [5.74, 6) is -5.54. The number of carbonyl (C=O) groups is 4. The third kappa shape index (κ3) is 10.9. The number of likely N-dealkylation sites (tertiary alicyclic amines) is 2. The highest BCUT2D eigenvalue weighted by atomic mass is 19.4. The van der Waals surface area contributed by atoms with E-state index in [1.165, 1.54) is 12.5 Å². The maximum absolute atomic E-state index is 13.0. The van der Waals surface area contributed by atoms with E-state index in [9.17, 15) is 35.9 Å². The fourth-order valence-electron chi connectivity index (χ4n) is 4.41. The van der Waals surface area contributed by atoms with E-state index in [1.54, 1.807) is 6.07 Å². The molecule has 2 fully saturated rings. The van der Waals surface area contributed by atoms with Gasteiger partial charge in [0.05, 0.1) is 23.8 Å². The van der Waals surface area contributed by atoms with Crippen molar-refractivity contribution < 1.29 is 64.9 Å². The number of likely N-dealkylation sites (N-methyl/N-ethyl adjacent to an activating group) is 1. The summed E-state index contributed by atoms with van der Waals surface area (Å²) in [6.07, 6.45) is -5.58. The molecule has 2 N–H and O–H groups in total. The van der Waals surface area contributed by atoms with Crippen LogP contribution in [0.1, 0.15) is 30.1 Å². The fraction of sp³-hybridized carbons (Fsp3) is 0.667. The van der Waals surface area contributed by atoms with Crippen LogP contribution in [0.4, 0.5) is 26.3 Å². The van der Waals surface area contributed by atoms with E-state index in [4.69, 9.17) is 29.0 Å². The van der Waals surface area contributed by atoms with E-state index in [2.05, 4.69) is 23.9 Å². The molecule has 3 heterocycles. The zero-order valence-corrected chi connectivity index (χ0v) is 22.6. The van der Waals surface area contributed by atoms with Gasteiger partial charge in [0, 0.05) is 45.2 Å². The number of esters is 1. The third-order valence-electron chi connectivity index (χ3n) is 6.34. The van der Waals surface area contributed by atoms with Gasteiger partial charge >= 0.3 is 30.3 Å². The van der Waals surface area contributed by atoms with Crippen molar-refractivity contribution >= 4 is 23.8 Å². The fourth-order valence-corrected chi connectivity index (χ4v) is 4.41. The van der Waals surface area contributed by atoms with Crippen molar-refractivity contribution in [2.24, 2.45) is 11.3 Å². The van der Waals surface area contributed by atoms with Crippen molar-refractivity contribution in [3.63, 3.8) is 0 Å². The van der Waals surface area contributed by atoms with Gasteiger partial charge in [-0.25, -0.2) is 9.59 Å². The van der Waals surface area contributed by atoms with E-state index in [1.807, 2.05) is 11.8 Å². The SMILES string of the molecule is CCOC(=O)[C@]12CCCN(C(=O)c3ccoc3)C[C@H]1CN(CCN(C)C)C2.O=C(O)C(F)(F)F.O=C(O)C(F)(F)F. The van der Waals surface area contributed by atoms with Gasteiger partial charge in [-0.3, -0.25) is 9.59 Å². The zero-order valence-electron chi connectivity index (χ0n) is 22.6. The van der Waals surface area contributed by atoms with Crippen LogP contribution in [-0.4, -0.2) is 121 Å². The Hall–Kier alpha value is -3.34. The number of hydrogen-bond donors (Lipinski definition) is 2. The Bertz CT molecular complexity index is 992. The van der Waals surface area contributed by atoms with Crippen LogP contribution < -0.4 is 0 Å². The number of aliphatic carboxylic acids is 2. The Morgan fingerprint density at radius 3 is 2.07 bits per heavy atom.